The number of halogens is 1. The van der Waals surface area contributed by atoms with Gasteiger partial charge in [-0.2, -0.15) is 0 Å². The van der Waals surface area contributed by atoms with Crippen LogP contribution in [0.15, 0.2) is 54.4 Å². The first-order valence-corrected chi connectivity index (χ1v) is 12.8. The molecule has 4 heterocycles. The Morgan fingerprint density at radius 2 is 2.05 bits per heavy atom. The van der Waals surface area contributed by atoms with Crippen molar-refractivity contribution in [2.24, 2.45) is 12.8 Å². The Hall–Kier alpha value is -3.82. The van der Waals surface area contributed by atoms with Crippen molar-refractivity contribution in [2.75, 3.05) is 39.0 Å². The molecule has 0 aliphatic carbocycles. The molecule has 0 spiro atoms. The molecule has 200 valence electrons. The van der Waals surface area contributed by atoms with E-state index < -0.39 is 6.23 Å². The van der Waals surface area contributed by atoms with Crippen LogP contribution in [0.3, 0.4) is 0 Å². The fourth-order valence-electron chi connectivity index (χ4n) is 5.44. The zero-order chi connectivity index (χ0) is 27.1. The highest BCUT2D eigenvalue weighted by molar-refractivity contribution is 5.94. The van der Waals surface area contributed by atoms with E-state index in [0.29, 0.717) is 29.9 Å². The quantitative estimate of drug-likeness (QED) is 0.563. The van der Waals surface area contributed by atoms with Crippen LogP contribution >= 0.6 is 0 Å². The van der Waals surface area contributed by atoms with Crippen LogP contribution in [0.25, 0.3) is 11.3 Å². The molecule has 0 fully saturated rings. The molecule has 1 aromatic carbocycles. The summed E-state index contributed by atoms with van der Waals surface area (Å²) in [7, 11) is 5.38. The Morgan fingerprint density at radius 1 is 1.26 bits per heavy atom. The van der Waals surface area contributed by atoms with Gasteiger partial charge in [-0.15, -0.1) is 0 Å². The number of nitrogens with two attached hydrogens (primary N) is 1. The summed E-state index contributed by atoms with van der Waals surface area (Å²) in [6, 6.07) is 5.29. The number of anilines is 1. The van der Waals surface area contributed by atoms with Crippen molar-refractivity contribution in [1.82, 2.24) is 19.3 Å². The first-order valence-electron chi connectivity index (χ1n) is 12.8. The first kappa shape index (κ1) is 25.8. The average molecular weight is 519 g/mol. The minimum Gasteiger partial charge on any atom is -0.399 e. The lowest BCUT2D eigenvalue weighted by atomic mass is 9.93. The average Bonchev–Trinajstić information content (AvgIpc) is 3.19. The van der Waals surface area contributed by atoms with Crippen molar-refractivity contribution in [3.63, 3.8) is 0 Å². The maximum Gasteiger partial charge on any atom is 0.253 e. The molecule has 2 aromatic rings. The lowest BCUT2D eigenvalue weighted by molar-refractivity contribution is 0.0827. The molecule has 0 bridgehead atoms. The molecule has 8 nitrogen and oxygen atoms in total. The minimum absolute atomic E-state index is 0.202. The number of aryl methyl sites for hydroxylation is 1. The third kappa shape index (κ3) is 4.75. The number of nitrogens with zero attached hydrogens (tertiary/aromatic N) is 4. The van der Waals surface area contributed by atoms with Crippen LogP contribution in [0.4, 0.5) is 10.2 Å². The van der Waals surface area contributed by atoms with Crippen molar-refractivity contribution in [2.45, 2.75) is 26.1 Å². The van der Waals surface area contributed by atoms with E-state index in [1.807, 2.05) is 25.1 Å². The zero-order valence-electron chi connectivity index (χ0n) is 22.3. The van der Waals surface area contributed by atoms with E-state index in [0.717, 1.165) is 53.4 Å². The predicted octanol–water partition coefficient (Wildman–Crippen LogP) is 3.22. The number of benzene rings is 1. The lowest BCUT2D eigenvalue weighted by Gasteiger charge is -2.31. The lowest BCUT2D eigenvalue weighted by Crippen LogP contribution is -2.32. The smallest absolute Gasteiger partial charge is 0.253 e. The molecule has 0 saturated heterocycles. The van der Waals surface area contributed by atoms with Gasteiger partial charge in [0.2, 0.25) is 0 Å². The van der Waals surface area contributed by atoms with Crippen molar-refractivity contribution in [3.8, 4) is 0 Å². The summed E-state index contributed by atoms with van der Waals surface area (Å²) >= 11 is 0. The van der Waals surface area contributed by atoms with Gasteiger partial charge in [0.25, 0.3) is 5.91 Å². The van der Waals surface area contributed by atoms with E-state index in [1.54, 1.807) is 32.3 Å². The Morgan fingerprint density at radius 3 is 2.71 bits per heavy atom. The number of hydrogen-bond donors (Lipinski definition) is 3. The molecule has 4 N–H and O–H groups in total. The molecule has 38 heavy (non-hydrogen) atoms. The standard InChI is InChI=1S/C29H35FN6O2/c1-18-13-20(29(38)33(2)3)14-24(30)27(18)19-6-10-35(11-7-19)17-22-16-23-25(5-9-32-28(23)34(22)4)36-12-8-21(31)15-26(36)37/h5-6,8,12-16,26,32,37H,7,9-11,17,31H2,1-4H3. The van der Waals surface area contributed by atoms with Crippen LogP contribution in [0.5, 0.6) is 0 Å². The highest BCUT2D eigenvalue weighted by atomic mass is 19.1. The summed E-state index contributed by atoms with van der Waals surface area (Å²) in [6.45, 7) is 4.77. The maximum atomic E-state index is 15.1. The van der Waals surface area contributed by atoms with Crippen LogP contribution in [0, 0.1) is 12.7 Å². The van der Waals surface area contributed by atoms with Gasteiger partial charge in [0.15, 0.2) is 6.23 Å². The Balaban J connectivity index is 1.32. The highest BCUT2D eigenvalue weighted by Crippen LogP contribution is 2.36. The van der Waals surface area contributed by atoms with E-state index in [2.05, 4.69) is 33.0 Å². The molecule has 5 rings (SSSR count). The third-order valence-electron chi connectivity index (χ3n) is 7.45. The summed E-state index contributed by atoms with van der Waals surface area (Å²) in [5, 5.41) is 14.0. The number of fused-ring (bicyclic) bond motifs is 1. The number of aliphatic hydroxyl groups excluding tert-OH is 1. The van der Waals surface area contributed by atoms with E-state index >= 15 is 4.39 Å². The van der Waals surface area contributed by atoms with Crippen LogP contribution in [0.2, 0.25) is 0 Å². The van der Waals surface area contributed by atoms with Crippen LogP contribution < -0.4 is 11.1 Å². The van der Waals surface area contributed by atoms with Gasteiger partial charge in [0, 0.05) is 81.6 Å². The SMILES string of the molecule is Cc1cc(C(=O)N(C)C)cc(F)c1C1=CCN(Cc2cc3c(n2C)NCC=C3N2C=CC(N)=CC2O)CC1. The molecule has 1 atom stereocenters. The molecule has 0 saturated carbocycles. The number of aliphatic hydroxyl groups is 1. The number of allylic oxidation sites excluding steroid dienone is 1. The van der Waals surface area contributed by atoms with Gasteiger partial charge in [-0.1, -0.05) is 6.08 Å². The molecule has 1 amide bonds. The fourth-order valence-corrected chi connectivity index (χ4v) is 5.44. The monoisotopic (exact) mass is 518 g/mol. The third-order valence-corrected chi connectivity index (χ3v) is 7.45. The summed E-state index contributed by atoms with van der Waals surface area (Å²) in [4.78, 5) is 17.9. The molecular formula is C29H35FN6O2. The van der Waals surface area contributed by atoms with Crippen LogP contribution in [0.1, 0.15) is 39.2 Å². The van der Waals surface area contributed by atoms with E-state index in [1.165, 1.54) is 11.0 Å². The molecule has 3 aliphatic heterocycles. The fraction of sp³-hybridized carbons (Fsp3) is 0.345. The van der Waals surface area contributed by atoms with E-state index in [9.17, 15) is 9.90 Å². The predicted molar refractivity (Wildman–Crippen MR) is 148 cm³/mol. The largest absolute Gasteiger partial charge is 0.399 e. The maximum absolute atomic E-state index is 15.1. The normalized spacial score (nSPS) is 19.4. The van der Waals surface area contributed by atoms with Crippen molar-refractivity contribution < 1.29 is 14.3 Å². The zero-order valence-corrected chi connectivity index (χ0v) is 22.3. The molecule has 0 radical (unpaired) electrons. The number of carbonyl (C=O) groups is 1. The van der Waals surface area contributed by atoms with Crippen LogP contribution in [-0.4, -0.2) is 70.2 Å². The van der Waals surface area contributed by atoms with Gasteiger partial charge < -0.3 is 30.5 Å². The Labute approximate surface area is 222 Å². The van der Waals surface area contributed by atoms with Crippen LogP contribution in [-0.2, 0) is 13.6 Å². The number of aromatic nitrogens is 1. The minimum atomic E-state index is -0.814. The van der Waals surface area contributed by atoms with Crippen molar-refractivity contribution in [3.05, 3.63) is 88.2 Å². The number of amides is 1. The molecular weight excluding hydrogens is 483 g/mol. The van der Waals surface area contributed by atoms with Gasteiger partial charge >= 0.3 is 0 Å². The Bertz CT molecular complexity index is 1380. The molecule has 9 heteroatoms. The van der Waals surface area contributed by atoms with Gasteiger partial charge in [-0.05, 0) is 60.9 Å². The summed E-state index contributed by atoms with van der Waals surface area (Å²) in [6.07, 6.45) is 9.31. The second kappa shape index (κ2) is 10.2. The number of nitrogens with one attached hydrogen (secondary N) is 1. The Kier molecular flexibility index (Phi) is 6.90. The van der Waals surface area contributed by atoms with Gasteiger partial charge in [0.1, 0.15) is 11.6 Å². The molecule has 3 aliphatic rings. The van der Waals surface area contributed by atoms with Crippen molar-refractivity contribution >= 4 is 23.0 Å². The summed E-state index contributed by atoms with van der Waals surface area (Å²) in [5.74, 6) is 0.464. The van der Waals surface area contributed by atoms with E-state index in [-0.39, 0.29) is 11.7 Å². The number of hydrogen-bond acceptors (Lipinski definition) is 6. The van der Waals surface area contributed by atoms with Gasteiger partial charge in [0.05, 0.1) is 5.70 Å². The topological polar surface area (TPSA) is 90.0 Å². The molecule has 1 aromatic heterocycles. The number of carbonyl (C=O) groups excluding carboxylic acids is 1. The van der Waals surface area contributed by atoms with Crippen molar-refractivity contribution in [1.29, 1.82) is 0 Å². The highest BCUT2D eigenvalue weighted by Gasteiger charge is 2.27. The second-order valence-corrected chi connectivity index (χ2v) is 10.3. The molecule has 1 unspecified atom stereocenters. The first-order chi connectivity index (χ1) is 18.1. The van der Waals surface area contributed by atoms with E-state index in [4.69, 9.17) is 5.73 Å². The summed E-state index contributed by atoms with van der Waals surface area (Å²) < 4.78 is 17.3. The van der Waals surface area contributed by atoms with Gasteiger partial charge in [-0.3, -0.25) is 9.69 Å². The summed E-state index contributed by atoms with van der Waals surface area (Å²) in [5.41, 5.74) is 12.2. The number of rotatable bonds is 5. The van der Waals surface area contributed by atoms with Gasteiger partial charge in [-0.25, -0.2) is 4.39 Å². The second-order valence-electron chi connectivity index (χ2n) is 10.3.